The van der Waals surface area contributed by atoms with Crippen molar-refractivity contribution in [3.8, 4) is 5.75 Å². The molecule has 154 valence electrons. The van der Waals surface area contributed by atoms with Gasteiger partial charge in [0.15, 0.2) is 12.7 Å². The number of hydrogen-bond donors (Lipinski definition) is 1. The van der Waals surface area contributed by atoms with Crippen molar-refractivity contribution in [3.63, 3.8) is 0 Å². The van der Waals surface area contributed by atoms with Crippen LogP contribution in [0.3, 0.4) is 0 Å². The largest absolute Gasteiger partial charge is 0.482 e. The van der Waals surface area contributed by atoms with Crippen LogP contribution in [-0.4, -0.2) is 46.8 Å². The molecule has 29 heavy (non-hydrogen) atoms. The molecule has 3 rings (SSSR count). The van der Waals surface area contributed by atoms with Crippen molar-refractivity contribution >= 4 is 29.2 Å². The normalized spacial score (nSPS) is 14.1. The van der Waals surface area contributed by atoms with Gasteiger partial charge in [-0.15, -0.1) is 0 Å². The van der Waals surface area contributed by atoms with E-state index in [1.165, 1.54) is 11.8 Å². The summed E-state index contributed by atoms with van der Waals surface area (Å²) >= 11 is 0. The average Bonchev–Trinajstić information content (AvgIpc) is 2.93. The number of para-hydroxylation sites is 2. The molecule has 9 nitrogen and oxygen atoms in total. The van der Waals surface area contributed by atoms with Crippen LogP contribution in [0.1, 0.15) is 24.7 Å². The molecule has 1 aromatic carbocycles. The van der Waals surface area contributed by atoms with Gasteiger partial charge in [0.2, 0.25) is 0 Å². The molecule has 1 atom stereocenters. The Balaban J connectivity index is 1.55. The quantitative estimate of drug-likeness (QED) is 0.741. The summed E-state index contributed by atoms with van der Waals surface area (Å²) in [6.45, 7) is 5.20. The van der Waals surface area contributed by atoms with E-state index in [9.17, 15) is 14.4 Å². The van der Waals surface area contributed by atoms with E-state index in [1.54, 1.807) is 36.9 Å². The minimum Gasteiger partial charge on any atom is -0.482 e. The molecule has 1 aliphatic heterocycles. The van der Waals surface area contributed by atoms with Crippen LogP contribution in [0.15, 0.2) is 24.3 Å². The highest BCUT2D eigenvalue weighted by molar-refractivity contribution is 5.98. The summed E-state index contributed by atoms with van der Waals surface area (Å²) in [5, 5.41) is 6.99. The number of hydrogen-bond acceptors (Lipinski definition) is 6. The predicted octanol–water partition coefficient (Wildman–Crippen LogP) is 1.72. The fraction of sp³-hybridized carbons (Fsp3) is 0.400. The molecule has 1 aromatic heterocycles. The van der Waals surface area contributed by atoms with Crippen LogP contribution in [0.2, 0.25) is 0 Å². The number of nitrogens with one attached hydrogen (secondary N) is 1. The van der Waals surface area contributed by atoms with E-state index >= 15 is 0 Å². The topological polar surface area (TPSA) is 103 Å². The lowest BCUT2D eigenvalue weighted by atomic mass is 10.2. The van der Waals surface area contributed by atoms with Gasteiger partial charge in [0, 0.05) is 13.6 Å². The van der Waals surface area contributed by atoms with E-state index in [0.29, 0.717) is 22.8 Å². The summed E-state index contributed by atoms with van der Waals surface area (Å²) in [4.78, 5) is 38.2. The third kappa shape index (κ3) is 4.39. The molecular weight excluding hydrogens is 376 g/mol. The van der Waals surface area contributed by atoms with Gasteiger partial charge in [-0.05, 0) is 32.9 Å². The van der Waals surface area contributed by atoms with E-state index in [0.717, 1.165) is 5.69 Å². The smallest absolute Gasteiger partial charge is 0.308 e. The fourth-order valence-corrected chi connectivity index (χ4v) is 3.09. The molecular formula is C20H24N4O5. The number of benzene rings is 1. The summed E-state index contributed by atoms with van der Waals surface area (Å²) in [6.07, 6.45) is -1.02. The zero-order chi connectivity index (χ0) is 21.1. The molecule has 1 aliphatic rings. The number of aryl methyl sites for hydroxylation is 2. The second-order valence-corrected chi connectivity index (χ2v) is 6.84. The molecule has 0 saturated heterocycles. The van der Waals surface area contributed by atoms with Gasteiger partial charge in [-0.3, -0.25) is 19.1 Å². The first-order valence-corrected chi connectivity index (χ1v) is 9.30. The number of carbonyl (C=O) groups is 3. The number of fused-ring (bicyclic) bond motifs is 1. The summed E-state index contributed by atoms with van der Waals surface area (Å²) in [5.41, 5.74) is 2.71. The highest BCUT2D eigenvalue weighted by atomic mass is 16.5. The van der Waals surface area contributed by atoms with Crippen molar-refractivity contribution in [2.75, 3.05) is 23.4 Å². The van der Waals surface area contributed by atoms with Crippen LogP contribution in [-0.2, 0) is 26.2 Å². The Kier molecular flexibility index (Phi) is 5.86. The molecule has 0 radical (unpaired) electrons. The van der Waals surface area contributed by atoms with Crippen LogP contribution >= 0.6 is 0 Å². The highest BCUT2D eigenvalue weighted by Gasteiger charge is 2.26. The first-order chi connectivity index (χ1) is 13.8. The maximum absolute atomic E-state index is 12.4. The maximum Gasteiger partial charge on any atom is 0.308 e. The van der Waals surface area contributed by atoms with Gasteiger partial charge < -0.3 is 19.7 Å². The van der Waals surface area contributed by atoms with E-state index in [-0.39, 0.29) is 25.5 Å². The maximum atomic E-state index is 12.4. The average molecular weight is 400 g/mol. The van der Waals surface area contributed by atoms with E-state index in [1.807, 2.05) is 13.0 Å². The number of nitrogens with zero attached hydrogens (tertiary/aromatic N) is 3. The number of esters is 1. The fourth-order valence-electron chi connectivity index (χ4n) is 3.09. The Labute approximate surface area is 168 Å². The van der Waals surface area contributed by atoms with Crippen molar-refractivity contribution in [1.29, 1.82) is 0 Å². The number of rotatable bonds is 6. The summed E-state index contributed by atoms with van der Waals surface area (Å²) in [6, 6.07) is 7.13. The Bertz CT molecular complexity index is 952. The molecule has 9 heteroatoms. The SMILES string of the molecule is Cc1nn(C)c(C)c1NC(=O)C(C)OC(=O)CCN1C(=O)COc2ccccc21. The summed E-state index contributed by atoms with van der Waals surface area (Å²) in [5.74, 6) is -0.644. The Morgan fingerprint density at radius 3 is 2.72 bits per heavy atom. The lowest BCUT2D eigenvalue weighted by Crippen LogP contribution is -2.40. The van der Waals surface area contributed by atoms with Crippen LogP contribution in [0.5, 0.6) is 5.75 Å². The van der Waals surface area contributed by atoms with E-state index in [4.69, 9.17) is 9.47 Å². The molecule has 0 saturated carbocycles. The first kappa shape index (κ1) is 20.4. The summed E-state index contributed by atoms with van der Waals surface area (Å²) < 4.78 is 12.3. The molecule has 0 spiro atoms. The highest BCUT2D eigenvalue weighted by Crippen LogP contribution is 2.31. The zero-order valence-corrected chi connectivity index (χ0v) is 16.9. The first-order valence-electron chi connectivity index (χ1n) is 9.30. The lowest BCUT2D eigenvalue weighted by Gasteiger charge is -2.29. The molecule has 0 aliphatic carbocycles. The van der Waals surface area contributed by atoms with Gasteiger partial charge in [-0.25, -0.2) is 0 Å². The molecule has 2 aromatic rings. The molecule has 2 heterocycles. The molecule has 1 unspecified atom stereocenters. The second-order valence-electron chi connectivity index (χ2n) is 6.84. The van der Waals surface area contributed by atoms with Gasteiger partial charge in [0.1, 0.15) is 5.75 Å². The second kappa shape index (κ2) is 8.34. The van der Waals surface area contributed by atoms with Crippen molar-refractivity contribution in [1.82, 2.24) is 9.78 Å². The number of anilines is 2. The third-order valence-corrected chi connectivity index (χ3v) is 4.78. The molecule has 2 amide bonds. The van der Waals surface area contributed by atoms with Crippen LogP contribution in [0.25, 0.3) is 0 Å². The number of amides is 2. The van der Waals surface area contributed by atoms with Gasteiger partial charge >= 0.3 is 5.97 Å². The van der Waals surface area contributed by atoms with Crippen LogP contribution < -0.4 is 15.0 Å². The molecule has 0 bridgehead atoms. The Morgan fingerprint density at radius 1 is 1.31 bits per heavy atom. The Morgan fingerprint density at radius 2 is 2.03 bits per heavy atom. The minimum atomic E-state index is -0.978. The van der Waals surface area contributed by atoms with Gasteiger partial charge in [0.25, 0.3) is 11.8 Å². The van der Waals surface area contributed by atoms with Crippen molar-refractivity contribution in [3.05, 3.63) is 35.7 Å². The monoisotopic (exact) mass is 400 g/mol. The van der Waals surface area contributed by atoms with E-state index in [2.05, 4.69) is 10.4 Å². The lowest BCUT2D eigenvalue weighted by molar-refractivity contribution is -0.153. The van der Waals surface area contributed by atoms with Gasteiger partial charge in [-0.2, -0.15) is 5.10 Å². The van der Waals surface area contributed by atoms with Gasteiger partial charge in [-0.1, -0.05) is 12.1 Å². The van der Waals surface area contributed by atoms with Crippen LogP contribution in [0, 0.1) is 13.8 Å². The minimum absolute atomic E-state index is 0.0390. The van der Waals surface area contributed by atoms with Crippen LogP contribution in [0.4, 0.5) is 11.4 Å². The molecule has 1 N–H and O–H groups in total. The Hall–Kier alpha value is -3.36. The number of ether oxygens (including phenoxy) is 2. The van der Waals surface area contributed by atoms with Crippen molar-refractivity contribution < 1.29 is 23.9 Å². The third-order valence-electron chi connectivity index (χ3n) is 4.78. The standard InChI is InChI=1S/C20H24N4O5/c1-12-19(13(2)23(4)22-12)21-20(27)14(3)29-18(26)9-10-24-15-7-5-6-8-16(15)28-11-17(24)25/h5-8,14H,9-11H2,1-4H3,(H,21,27). The molecule has 0 fully saturated rings. The summed E-state index contributed by atoms with van der Waals surface area (Å²) in [7, 11) is 1.78. The van der Waals surface area contributed by atoms with E-state index < -0.39 is 18.0 Å². The van der Waals surface area contributed by atoms with Crippen molar-refractivity contribution in [2.45, 2.75) is 33.3 Å². The predicted molar refractivity (Wildman–Crippen MR) is 106 cm³/mol. The van der Waals surface area contributed by atoms with Crippen molar-refractivity contribution in [2.24, 2.45) is 7.05 Å². The van der Waals surface area contributed by atoms with Gasteiger partial charge in [0.05, 0.1) is 29.2 Å². The number of aromatic nitrogens is 2. The zero-order valence-electron chi connectivity index (χ0n) is 16.9. The number of carbonyl (C=O) groups excluding carboxylic acids is 3.